The van der Waals surface area contributed by atoms with Crippen LogP contribution in [0, 0.1) is 11.7 Å². The molecule has 1 aromatic heterocycles. The molecule has 154 valence electrons. The molecule has 2 amide bonds. The van der Waals surface area contributed by atoms with Gasteiger partial charge in [-0.1, -0.05) is 30.3 Å². The van der Waals surface area contributed by atoms with E-state index in [1.165, 1.54) is 24.3 Å². The highest BCUT2D eigenvalue weighted by Gasteiger charge is 2.28. The van der Waals surface area contributed by atoms with Crippen LogP contribution < -0.4 is 5.32 Å². The van der Waals surface area contributed by atoms with Crippen LogP contribution in [0.3, 0.4) is 0 Å². The van der Waals surface area contributed by atoms with Gasteiger partial charge in [0.2, 0.25) is 11.9 Å². The van der Waals surface area contributed by atoms with E-state index in [9.17, 15) is 14.0 Å². The van der Waals surface area contributed by atoms with Gasteiger partial charge in [0.15, 0.2) is 0 Å². The SMILES string of the molecule is O=C(Nc1ncn(Cc2ccccc2)n1)C1CCN(C(=O)c2ccc(F)cc2)CC1. The Labute approximate surface area is 173 Å². The number of aromatic nitrogens is 3. The predicted molar refractivity (Wildman–Crippen MR) is 109 cm³/mol. The highest BCUT2D eigenvalue weighted by molar-refractivity contribution is 5.95. The molecule has 0 atom stereocenters. The molecule has 2 aromatic carbocycles. The number of likely N-dealkylation sites (tertiary alicyclic amines) is 1. The second kappa shape index (κ2) is 8.86. The van der Waals surface area contributed by atoms with Crippen molar-refractivity contribution >= 4 is 17.8 Å². The maximum absolute atomic E-state index is 13.0. The van der Waals surface area contributed by atoms with Crippen LogP contribution in [0.4, 0.5) is 10.3 Å². The average Bonchev–Trinajstić information content (AvgIpc) is 3.21. The molecule has 0 bridgehead atoms. The quantitative estimate of drug-likeness (QED) is 0.705. The van der Waals surface area contributed by atoms with E-state index in [1.54, 1.807) is 15.9 Å². The number of carbonyl (C=O) groups excluding carboxylic acids is 2. The van der Waals surface area contributed by atoms with Crippen LogP contribution in [0.1, 0.15) is 28.8 Å². The van der Waals surface area contributed by atoms with Crippen molar-refractivity contribution in [3.63, 3.8) is 0 Å². The fourth-order valence-electron chi connectivity index (χ4n) is 3.53. The fraction of sp³-hybridized carbons (Fsp3) is 0.273. The number of hydrogen-bond acceptors (Lipinski definition) is 4. The summed E-state index contributed by atoms with van der Waals surface area (Å²) in [7, 11) is 0. The third kappa shape index (κ3) is 4.71. The van der Waals surface area contributed by atoms with E-state index in [-0.39, 0.29) is 29.5 Å². The molecule has 1 saturated heterocycles. The molecule has 0 aliphatic carbocycles. The topological polar surface area (TPSA) is 80.1 Å². The Morgan fingerprint density at radius 3 is 2.43 bits per heavy atom. The summed E-state index contributed by atoms with van der Waals surface area (Å²) in [4.78, 5) is 30.9. The lowest BCUT2D eigenvalue weighted by Gasteiger charge is -2.31. The fourth-order valence-corrected chi connectivity index (χ4v) is 3.53. The van der Waals surface area contributed by atoms with Crippen molar-refractivity contribution in [2.45, 2.75) is 19.4 Å². The summed E-state index contributed by atoms with van der Waals surface area (Å²) in [5.41, 5.74) is 1.55. The summed E-state index contributed by atoms with van der Waals surface area (Å²) >= 11 is 0. The van der Waals surface area contributed by atoms with E-state index in [0.717, 1.165) is 5.56 Å². The van der Waals surface area contributed by atoms with Crippen molar-refractivity contribution in [3.05, 3.63) is 77.9 Å². The van der Waals surface area contributed by atoms with Crippen LogP contribution in [-0.4, -0.2) is 44.6 Å². The number of rotatable bonds is 5. The molecular weight excluding hydrogens is 385 g/mol. The Hall–Kier alpha value is -3.55. The van der Waals surface area contributed by atoms with Crippen molar-refractivity contribution in [1.29, 1.82) is 0 Å². The number of anilines is 1. The predicted octanol–water partition coefficient (Wildman–Crippen LogP) is 2.96. The highest BCUT2D eigenvalue weighted by Crippen LogP contribution is 2.20. The Morgan fingerprint density at radius 1 is 1.03 bits per heavy atom. The van der Waals surface area contributed by atoms with Gasteiger partial charge in [0.25, 0.3) is 5.91 Å². The summed E-state index contributed by atoms with van der Waals surface area (Å²) in [5.74, 6) is -0.581. The van der Waals surface area contributed by atoms with Crippen molar-refractivity contribution in [2.75, 3.05) is 18.4 Å². The number of benzene rings is 2. The van der Waals surface area contributed by atoms with Crippen LogP contribution in [-0.2, 0) is 11.3 Å². The van der Waals surface area contributed by atoms with Crippen LogP contribution >= 0.6 is 0 Å². The van der Waals surface area contributed by atoms with Gasteiger partial charge in [-0.05, 0) is 42.7 Å². The number of halogens is 1. The van der Waals surface area contributed by atoms with Gasteiger partial charge >= 0.3 is 0 Å². The monoisotopic (exact) mass is 407 g/mol. The molecule has 0 unspecified atom stereocenters. The van der Waals surface area contributed by atoms with Crippen LogP contribution in [0.15, 0.2) is 60.9 Å². The maximum Gasteiger partial charge on any atom is 0.253 e. The number of nitrogens with one attached hydrogen (secondary N) is 1. The van der Waals surface area contributed by atoms with E-state index in [4.69, 9.17) is 0 Å². The molecule has 0 radical (unpaired) electrons. The first-order valence-electron chi connectivity index (χ1n) is 9.87. The largest absolute Gasteiger partial charge is 0.339 e. The van der Waals surface area contributed by atoms with Crippen molar-refractivity contribution in [3.8, 4) is 0 Å². The molecule has 2 heterocycles. The molecule has 1 N–H and O–H groups in total. The molecule has 7 nitrogen and oxygen atoms in total. The van der Waals surface area contributed by atoms with E-state index in [2.05, 4.69) is 15.4 Å². The zero-order chi connectivity index (χ0) is 20.9. The lowest BCUT2D eigenvalue weighted by molar-refractivity contribution is -0.121. The first-order chi connectivity index (χ1) is 14.6. The van der Waals surface area contributed by atoms with Crippen molar-refractivity contribution in [1.82, 2.24) is 19.7 Å². The molecule has 1 aliphatic heterocycles. The van der Waals surface area contributed by atoms with Crippen molar-refractivity contribution in [2.24, 2.45) is 5.92 Å². The minimum Gasteiger partial charge on any atom is -0.339 e. The normalized spacial score (nSPS) is 14.5. The Kier molecular flexibility index (Phi) is 5.83. The summed E-state index contributed by atoms with van der Waals surface area (Å²) in [6.45, 7) is 1.53. The Balaban J connectivity index is 1.28. The first-order valence-corrected chi connectivity index (χ1v) is 9.87. The molecule has 1 fully saturated rings. The van der Waals surface area contributed by atoms with Crippen LogP contribution in [0.5, 0.6) is 0 Å². The van der Waals surface area contributed by atoms with Gasteiger partial charge in [-0.15, -0.1) is 5.10 Å². The van der Waals surface area contributed by atoms with Gasteiger partial charge in [0.1, 0.15) is 12.1 Å². The van der Waals surface area contributed by atoms with Gasteiger partial charge in [-0.3, -0.25) is 14.9 Å². The zero-order valence-corrected chi connectivity index (χ0v) is 16.4. The molecule has 3 aromatic rings. The minimum atomic E-state index is -0.373. The standard InChI is InChI=1S/C22H22FN5O2/c23-19-8-6-18(7-9-19)21(30)27-12-10-17(11-13-27)20(29)25-22-24-15-28(26-22)14-16-4-2-1-3-5-16/h1-9,15,17H,10-14H2,(H,25,26,29). The van der Waals surface area contributed by atoms with E-state index < -0.39 is 0 Å². The summed E-state index contributed by atoms with van der Waals surface area (Å²) in [5, 5.41) is 7.08. The third-order valence-corrected chi connectivity index (χ3v) is 5.20. The number of hydrogen-bond donors (Lipinski definition) is 1. The van der Waals surface area contributed by atoms with Gasteiger partial charge < -0.3 is 4.90 Å². The molecule has 8 heteroatoms. The molecule has 30 heavy (non-hydrogen) atoms. The second-order valence-electron chi connectivity index (χ2n) is 7.31. The molecule has 0 spiro atoms. The van der Waals surface area contributed by atoms with Gasteiger partial charge in [-0.25, -0.2) is 14.1 Å². The highest BCUT2D eigenvalue weighted by atomic mass is 19.1. The molecule has 1 aliphatic rings. The minimum absolute atomic E-state index is 0.138. The summed E-state index contributed by atoms with van der Waals surface area (Å²) < 4.78 is 14.7. The Bertz CT molecular complexity index is 1010. The van der Waals surface area contributed by atoms with E-state index in [1.807, 2.05) is 30.3 Å². The molecule has 4 rings (SSSR count). The zero-order valence-electron chi connectivity index (χ0n) is 16.4. The third-order valence-electron chi connectivity index (χ3n) is 5.20. The van der Waals surface area contributed by atoms with Crippen molar-refractivity contribution < 1.29 is 14.0 Å². The number of amides is 2. The second-order valence-corrected chi connectivity index (χ2v) is 7.31. The smallest absolute Gasteiger partial charge is 0.253 e. The van der Waals surface area contributed by atoms with Gasteiger partial charge in [0, 0.05) is 24.6 Å². The van der Waals surface area contributed by atoms with E-state index in [0.29, 0.717) is 38.0 Å². The maximum atomic E-state index is 13.0. The lowest BCUT2D eigenvalue weighted by atomic mass is 9.95. The van der Waals surface area contributed by atoms with Gasteiger partial charge in [0.05, 0.1) is 6.54 Å². The number of carbonyl (C=O) groups is 2. The number of piperidine rings is 1. The Morgan fingerprint density at radius 2 is 1.73 bits per heavy atom. The summed E-state index contributed by atoms with van der Waals surface area (Å²) in [6, 6.07) is 15.4. The lowest BCUT2D eigenvalue weighted by Crippen LogP contribution is -2.41. The van der Waals surface area contributed by atoms with Crippen LogP contribution in [0.25, 0.3) is 0 Å². The van der Waals surface area contributed by atoms with Gasteiger partial charge in [-0.2, -0.15) is 0 Å². The summed E-state index contributed by atoms with van der Waals surface area (Å²) in [6.07, 6.45) is 2.71. The molecule has 0 saturated carbocycles. The number of nitrogens with zero attached hydrogens (tertiary/aromatic N) is 4. The average molecular weight is 407 g/mol. The first kappa shape index (κ1) is 19.8. The molecular formula is C22H22FN5O2. The van der Waals surface area contributed by atoms with E-state index >= 15 is 0 Å². The van der Waals surface area contributed by atoms with Crippen LogP contribution in [0.2, 0.25) is 0 Å².